The van der Waals surface area contributed by atoms with Gasteiger partial charge in [-0.05, 0) is 61.3 Å². The second kappa shape index (κ2) is 6.28. The topological polar surface area (TPSA) is 12.0 Å². The number of benzene rings is 1. The highest BCUT2D eigenvalue weighted by Gasteiger charge is 2.20. The predicted octanol–water partition coefficient (Wildman–Crippen LogP) is 4.85. The van der Waals surface area contributed by atoms with E-state index in [0.29, 0.717) is 11.8 Å². The summed E-state index contributed by atoms with van der Waals surface area (Å²) >= 11 is 6.56. The lowest BCUT2D eigenvalue weighted by Crippen LogP contribution is -2.28. The Morgan fingerprint density at radius 2 is 1.74 bits per heavy atom. The average Bonchev–Trinajstić information content (AvgIpc) is 2.49. The maximum absolute atomic E-state index is 6.56. The highest BCUT2D eigenvalue weighted by atomic mass is 35.5. The molecule has 1 unspecified atom stereocenters. The lowest BCUT2D eigenvalue weighted by molar-refractivity contribution is 0.442. The maximum atomic E-state index is 6.56. The number of piperidine rings is 1. The lowest BCUT2D eigenvalue weighted by atomic mass is 9.83. The van der Waals surface area contributed by atoms with E-state index in [1.807, 2.05) is 0 Å². The molecule has 1 aliphatic carbocycles. The summed E-state index contributed by atoms with van der Waals surface area (Å²) in [5, 5.41) is 4.50. The van der Waals surface area contributed by atoms with E-state index in [1.54, 1.807) is 0 Å². The molecule has 1 atom stereocenters. The summed E-state index contributed by atoms with van der Waals surface area (Å²) in [4.78, 5) is 0. The fraction of sp³-hybridized carbons (Fsp3) is 0.647. The molecule has 2 heteroatoms. The van der Waals surface area contributed by atoms with Crippen LogP contribution in [0.4, 0.5) is 0 Å². The van der Waals surface area contributed by atoms with Crippen LogP contribution in [0.1, 0.15) is 67.9 Å². The number of hydrogen-bond acceptors (Lipinski definition) is 1. The molecule has 1 saturated carbocycles. The second-order valence-electron chi connectivity index (χ2n) is 6.16. The molecule has 104 valence electrons. The van der Waals surface area contributed by atoms with Gasteiger partial charge >= 0.3 is 0 Å². The molecule has 1 heterocycles. The first kappa shape index (κ1) is 13.5. The molecule has 1 aromatic rings. The zero-order chi connectivity index (χ0) is 13.1. The van der Waals surface area contributed by atoms with E-state index in [4.69, 9.17) is 11.6 Å². The molecule has 19 heavy (non-hydrogen) atoms. The highest BCUT2D eigenvalue weighted by Crippen LogP contribution is 2.37. The van der Waals surface area contributed by atoms with E-state index in [-0.39, 0.29) is 0 Å². The Kier molecular flexibility index (Phi) is 4.45. The van der Waals surface area contributed by atoms with Gasteiger partial charge in [-0.1, -0.05) is 43.0 Å². The average molecular weight is 278 g/mol. The largest absolute Gasteiger partial charge is 0.316 e. The summed E-state index contributed by atoms with van der Waals surface area (Å²) in [5.74, 6) is 1.37. The summed E-state index contributed by atoms with van der Waals surface area (Å²) in [5.41, 5.74) is 2.82. The van der Waals surface area contributed by atoms with Crippen LogP contribution in [0.25, 0.3) is 0 Å². The van der Waals surface area contributed by atoms with Gasteiger partial charge in [0.15, 0.2) is 0 Å². The van der Waals surface area contributed by atoms with Crippen LogP contribution in [0, 0.1) is 0 Å². The molecule has 1 aliphatic heterocycles. The third-order valence-corrected chi connectivity index (χ3v) is 5.17. The Bertz CT molecular complexity index is 417. The van der Waals surface area contributed by atoms with Gasteiger partial charge in [-0.25, -0.2) is 0 Å². The molecular weight excluding hydrogens is 254 g/mol. The molecule has 1 N–H and O–H groups in total. The summed E-state index contributed by atoms with van der Waals surface area (Å²) in [7, 11) is 0. The van der Waals surface area contributed by atoms with Crippen molar-refractivity contribution in [2.45, 2.75) is 56.8 Å². The molecule has 1 saturated heterocycles. The van der Waals surface area contributed by atoms with E-state index in [2.05, 4.69) is 23.5 Å². The molecule has 2 fully saturated rings. The Labute approximate surface area is 121 Å². The lowest BCUT2D eigenvalue weighted by Gasteiger charge is -2.26. The van der Waals surface area contributed by atoms with E-state index < -0.39 is 0 Å². The van der Waals surface area contributed by atoms with Gasteiger partial charge in [0.05, 0.1) is 0 Å². The standard InChI is InChI=1S/C17H24ClN/c18-17-11-14(15-7-4-10-19-12-15)8-9-16(17)13-5-2-1-3-6-13/h8-9,11,13,15,19H,1-7,10,12H2. The first-order valence-corrected chi connectivity index (χ1v) is 8.22. The third kappa shape index (κ3) is 3.14. The van der Waals surface area contributed by atoms with E-state index in [0.717, 1.165) is 11.6 Å². The SMILES string of the molecule is Clc1cc(C2CCCNC2)ccc1C1CCCCC1. The van der Waals surface area contributed by atoms with Crippen molar-refractivity contribution in [3.05, 3.63) is 34.3 Å². The molecule has 1 aromatic carbocycles. The number of rotatable bonds is 2. The van der Waals surface area contributed by atoms with Crippen molar-refractivity contribution in [2.75, 3.05) is 13.1 Å². The van der Waals surface area contributed by atoms with Gasteiger partial charge < -0.3 is 5.32 Å². The van der Waals surface area contributed by atoms with Crippen molar-refractivity contribution < 1.29 is 0 Å². The molecule has 0 radical (unpaired) electrons. The molecule has 3 rings (SSSR count). The molecule has 1 nitrogen and oxygen atoms in total. The predicted molar refractivity (Wildman–Crippen MR) is 82.1 cm³/mol. The normalized spacial score (nSPS) is 25.4. The number of halogens is 1. The van der Waals surface area contributed by atoms with Crippen molar-refractivity contribution in [2.24, 2.45) is 0 Å². The van der Waals surface area contributed by atoms with Gasteiger partial charge in [0.25, 0.3) is 0 Å². The number of hydrogen-bond donors (Lipinski definition) is 1. The van der Waals surface area contributed by atoms with Crippen LogP contribution in [0.5, 0.6) is 0 Å². The van der Waals surface area contributed by atoms with Crippen LogP contribution in [-0.2, 0) is 0 Å². The molecule has 0 bridgehead atoms. The Morgan fingerprint density at radius 1 is 0.947 bits per heavy atom. The van der Waals surface area contributed by atoms with Gasteiger partial charge in [-0.2, -0.15) is 0 Å². The van der Waals surface area contributed by atoms with Crippen molar-refractivity contribution in [3.8, 4) is 0 Å². The van der Waals surface area contributed by atoms with E-state index >= 15 is 0 Å². The summed E-state index contributed by atoms with van der Waals surface area (Å²) < 4.78 is 0. The van der Waals surface area contributed by atoms with Gasteiger partial charge in [-0.3, -0.25) is 0 Å². The minimum atomic E-state index is 0.659. The maximum Gasteiger partial charge on any atom is 0.0443 e. The quantitative estimate of drug-likeness (QED) is 0.814. The highest BCUT2D eigenvalue weighted by molar-refractivity contribution is 6.31. The van der Waals surface area contributed by atoms with Crippen LogP contribution in [0.2, 0.25) is 5.02 Å². The molecule has 0 spiro atoms. The zero-order valence-electron chi connectivity index (χ0n) is 11.6. The van der Waals surface area contributed by atoms with Crippen molar-refractivity contribution in [1.82, 2.24) is 5.32 Å². The van der Waals surface area contributed by atoms with Gasteiger partial charge in [0.2, 0.25) is 0 Å². The van der Waals surface area contributed by atoms with Gasteiger partial charge in [0.1, 0.15) is 0 Å². The van der Waals surface area contributed by atoms with Crippen LogP contribution in [0.15, 0.2) is 18.2 Å². The monoisotopic (exact) mass is 277 g/mol. The first-order chi connectivity index (χ1) is 9.34. The summed E-state index contributed by atoms with van der Waals surface area (Å²) in [6.45, 7) is 2.28. The number of nitrogens with one attached hydrogen (secondary N) is 1. The smallest absolute Gasteiger partial charge is 0.0443 e. The van der Waals surface area contributed by atoms with Crippen molar-refractivity contribution in [1.29, 1.82) is 0 Å². The Hall–Kier alpha value is -0.530. The fourth-order valence-electron chi connectivity index (χ4n) is 3.68. The van der Waals surface area contributed by atoms with E-state index in [1.165, 1.54) is 62.6 Å². The zero-order valence-corrected chi connectivity index (χ0v) is 12.4. The molecule has 0 aromatic heterocycles. The minimum Gasteiger partial charge on any atom is -0.316 e. The van der Waals surface area contributed by atoms with Gasteiger partial charge in [0, 0.05) is 11.6 Å². The van der Waals surface area contributed by atoms with E-state index in [9.17, 15) is 0 Å². The van der Waals surface area contributed by atoms with Gasteiger partial charge in [-0.15, -0.1) is 0 Å². The third-order valence-electron chi connectivity index (χ3n) is 4.84. The van der Waals surface area contributed by atoms with Crippen LogP contribution >= 0.6 is 11.6 Å². The summed E-state index contributed by atoms with van der Waals surface area (Å²) in [6.07, 6.45) is 9.37. The van der Waals surface area contributed by atoms with Crippen LogP contribution in [0.3, 0.4) is 0 Å². The second-order valence-corrected chi connectivity index (χ2v) is 6.57. The fourth-order valence-corrected chi connectivity index (χ4v) is 4.02. The van der Waals surface area contributed by atoms with Crippen LogP contribution in [-0.4, -0.2) is 13.1 Å². The summed E-state index contributed by atoms with van der Waals surface area (Å²) in [6, 6.07) is 6.87. The molecule has 2 aliphatic rings. The Balaban J connectivity index is 1.76. The van der Waals surface area contributed by atoms with Crippen molar-refractivity contribution in [3.63, 3.8) is 0 Å². The minimum absolute atomic E-state index is 0.659. The first-order valence-electron chi connectivity index (χ1n) is 7.84. The van der Waals surface area contributed by atoms with Crippen molar-refractivity contribution >= 4 is 11.6 Å². The molecular formula is C17H24ClN. The molecule has 0 amide bonds. The Morgan fingerprint density at radius 3 is 2.42 bits per heavy atom. The van der Waals surface area contributed by atoms with Crippen LogP contribution < -0.4 is 5.32 Å².